The van der Waals surface area contributed by atoms with E-state index in [1.54, 1.807) is 0 Å². The van der Waals surface area contributed by atoms with Crippen LogP contribution in [0, 0.1) is 5.92 Å². The maximum atomic E-state index is 12.3. The number of aliphatic hydroxyl groups is 1. The number of anilines is 1. The molecule has 2 rings (SSSR count). The molecule has 4 heteroatoms. The molecule has 1 saturated heterocycles. The van der Waals surface area contributed by atoms with Crippen molar-refractivity contribution in [2.75, 3.05) is 18.5 Å². The Bertz CT molecular complexity index is 442. The largest absolute Gasteiger partial charge is 0.396 e. The lowest BCUT2D eigenvalue weighted by Gasteiger charge is -2.28. The molecule has 1 aliphatic rings. The smallest absolute Gasteiger partial charge is 0.227 e. The van der Waals surface area contributed by atoms with Crippen molar-refractivity contribution in [2.45, 2.75) is 45.1 Å². The summed E-state index contributed by atoms with van der Waals surface area (Å²) in [6.07, 6.45) is 4.61. The third-order valence-corrected chi connectivity index (χ3v) is 3.97. The van der Waals surface area contributed by atoms with E-state index in [0.29, 0.717) is 13.0 Å². The molecule has 1 amide bonds. The van der Waals surface area contributed by atoms with Crippen LogP contribution in [0.3, 0.4) is 0 Å². The van der Waals surface area contributed by atoms with Gasteiger partial charge in [-0.2, -0.15) is 0 Å². The van der Waals surface area contributed by atoms with E-state index in [2.05, 4.69) is 12.2 Å². The second-order valence-corrected chi connectivity index (χ2v) is 5.66. The van der Waals surface area contributed by atoms with E-state index in [1.165, 1.54) is 0 Å². The van der Waals surface area contributed by atoms with Gasteiger partial charge in [0.25, 0.3) is 0 Å². The number of ether oxygens (including phenoxy) is 1. The molecule has 1 fully saturated rings. The zero-order chi connectivity index (χ0) is 15.1. The maximum Gasteiger partial charge on any atom is 0.227 e. The van der Waals surface area contributed by atoms with Crippen molar-refractivity contribution in [1.29, 1.82) is 0 Å². The van der Waals surface area contributed by atoms with Gasteiger partial charge >= 0.3 is 0 Å². The molecule has 21 heavy (non-hydrogen) atoms. The molecule has 2 atom stereocenters. The van der Waals surface area contributed by atoms with Crippen molar-refractivity contribution in [2.24, 2.45) is 5.92 Å². The fraction of sp³-hybridized carbons (Fsp3) is 0.588. The van der Waals surface area contributed by atoms with Gasteiger partial charge < -0.3 is 15.2 Å². The van der Waals surface area contributed by atoms with Gasteiger partial charge in [-0.3, -0.25) is 4.79 Å². The Labute approximate surface area is 126 Å². The molecule has 0 saturated carbocycles. The number of benzene rings is 1. The van der Waals surface area contributed by atoms with Crippen LogP contribution in [0.5, 0.6) is 0 Å². The Morgan fingerprint density at radius 3 is 2.81 bits per heavy atom. The third-order valence-electron chi connectivity index (χ3n) is 3.97. The van der Waals surface area contributed by atoms with Gasteiger partial charge in [-0.15, -0.1) is 0 Å². The number of hydrogen-bond acceptors (Lipinski definition) is 3. The topological polar surface area (TPSA) is 58.6 Å². The molecular formula is C17H25NO3. The molecule has 0 bridgehead atoms. The molecular weight excluding hydrogens is 266 g/mol. The van der Waals surface area contributed by atoms with Crippen molar-refractivity contribution in [3.05, 3.63) is 29.8 Å². The van der Waals surface area contributed by atoms with Crippen LogP contribution in [0.15, 0.2) is 24.3 Å². The highest BCUT2D eigenvalue weighted by Crippen LogP contribution is 2.24. The lowest BCUT2D eigenvalue weighted by atomic mass is 9.92. The fourth-order valence-corrected chi connectivity index (χ4v) is 2.77. The van der Waals surface area contributed by atoms with Crippen molar-refractivity contribution in [3.8, 4) is 0 Å². The van der Waals surface area contributed by atoms with Gasteiger partial charge in [0.05, 0.1) is 6.10 Å². The van der Waals surface area contributed by atoms with E-state index in [0.717, 1.165) is 36.9 Å². The van der Waals surface area contributed by atoms with E-state index in [9.17, 15) is 4.79 Å². The highest BCUT2D eigenvalue weighted by molar-refractivity contribution is 5.92. The quantitative estimate of drug-likeness (QED) is 0.847. The molecule has 0 aliphatic carbocycles. The van der Waals surface area contributed by atoms with E-state index < -0.39 is 0 Å². The van der Waals surface area contributed by atoms with Crippen LogP contribution in [-0.2, 0) is 16.0 Å². The summed E-state index contributed by atoms with van der Waals surface area (Å²) in [5.41, 5.74) is 1.89. The molecule has 0 aromatic heterocycles. The summed E-state index contributed by atoms with van der Waals surface area (Å²) in [4.78, 5) is 12.3. The van der Waals surface area contributed by atoms with Crippen LogP contribution in [-0.4, -0.2) is 30.3 Å². The van der Waals surface area contributed by atoms with E-state index in [4.69, 9.17) is 9.84 Å². The van der Waals surface area contributed by atoms with E-state index >= 15 is 0 Å². The van der Waals surface area contributed by atoms with Gasteiger partial charge in [-0.25, -0.2) is 0 Å². The summed E-state index contributed by atoms with van der Waals surface area (Å²) in [5.74, 6) is 0.140. The molecule has 1 aromatic rings. The highest BCUT2D eigenvalue weighted by Gasteiger charge is 2.27. The number of carbonyl (C=O) groups excluding carboxylic acids is 1. The van der Waals surface area contributed by atoms with Crippen LogP contribution < -0.4 is 5.32 Å². The lowest BCUT2D eigenvalue weighted by Crippen LogP contribution is -2.33. The molecule has 4 nitrogen and oxygen atoms in total. The average molecular weight is 291 g/mol. The summed E-state index contributed by atoms with van der Waals surface area (Å²) in [7, 11) is 0. The first-order chi connectivity index (χ1) is 10.2. The Hall–Kier alpha value is -1.39. The molecule has 116 valence electrons. The van der Waals surface area contributed by atoms with Crippen molar-refractivity contribution in [1.82, 2.24) is 0 Å². The SMILES string of the molecule is CCCC1CC(C(=O)Nc2ccc(CCO)cc2)CCO1. The monoisotopic (exact) mass is 291 g/mol. The Balaban J connectivity index is 1.88. The Kier molecular flexibility index (Phi) is 6.21. The van der Waals surface area contributed by atoms with Crippen molar-refractivity contribution < 1.29 is 14.6 Å². The van der Waals surface area contributed by atoms with Crippen LogP contribution in [0.2, 0.25) is 0 Å². The zero-order valence-corrected chi connectivity index (χ0v) is 12.7. The first kappa shape index (κ1) is 16.0. The summed E-state index contributed by atoms with van der Waals surface area (Å²) in [5, 5.41) is 11.9. The van der Waals surface area contributed by atoms with Crippen LogP contribution in [0.1, 0.15) is 38.2 Å². The van der Waals surface area contributed by atoms with Gasteiger partial charge in [0.1, 0.15) is 0 Å². The molecule has 0 spiro atoms. The summed E-state index contributed by atoms with van der Waals surface area (Å²) in [6.45, 7) is 2.96. The van der Waals surface area contributed by atoms with Crippen molar-refractivity contribution >= 4 is 11.6 Å². The first-order valence-corrected chi connectivity index (χ1v) is 7.85. The molecule has 1 aliphatic heterocycles. The predicted molar refractivity (Wildman–Crippen MR) is 83.2 cm³/mol. The van der Waals surface area contributed by atoms with Crippen LogP contribution in [0.25, 0.3) is 0 Å². The molecule has 0 radical (unpaired) electrons. The fourth-order valence-electron chi connectivity index (χ4n) is 2.77. The maximum absolute atomic E-state index is 12.3. The van der Waals surface area contributed by atoms with Gasteiger partial charge in [-0.1, -0.05) is 25.5 Å². The average Bonchev–Trinajstić information content (AvgIpc) is 2.50. The number of amides is 1. The number of hydrogen-bond donors (Lipinski definition) is 2. The predicted octanol–water partition coefficient (Wildman–Crippen LogP) is 2.76. The minimum atomic E-state index is 0.0485. The first-order valence-electron chi connectivity index (χ1n) is 7.85. The Morgan fingerprint density at radius 1 is 1.38 bits per heavy atom. The van der Waals surface area contributed by atoms with Crippen molar-refractivity contribution in [3.63, 3.8) is 0 Å². The molecule has 1 aromatic carbocycles. The zero-order valence-electron chi connectivity index (χ0n) is 12.7. The van der Waals surface area contributed by atoms with Crippen LogP contribution in [0.4, 0.5) is 5.69 Å². The minimum Gasteiger partial charge on any atom is -0.396 e. The lowest BCUT2D eigenvalue weighted by molar-refractivity contribution is -0.125. The van der Waals surface area contributed by atoms with Gasteiger partial charge in [0.15, 0.2) is 0 Å². The summed E-state index contributed by atoms with van der Waals surface area (Å²) in [6, 6.07) is 7.67. The number of carbonyl (C=O) groups is 1. The Morgan fingerprint density at radius 2 is 2.14 bits per heavy atom. The standard InChI is InChI=1S/C17H25NO3/c1-2-3-16-12-14(9-11-21-16)17(20)18-15-6-4-13(5-7-15)8-10-19/h4-7,14,16,19H,2-3,8-12H2,1H3,(H,18,20). The number of nitrogens with one attached hydrogen (secondary N) is 1. The normalized spacial score (nSPS) is 22.0. The third kappa shape index (κ3) is 4.83. The second-order valence-electron chi connectivity index (χ2n) is 5.66. The second kappa shape index (κ2) is 8.15. The van der Waals surface area contributed by atoms with Gasteiger partial charge in [0, 0.05) is 24.8 Å². The minimum absolute atomic E-state index is 0.0485. The highest BCUT2D eigenvalue weighted by atomic mass is 16.5. The number of rotatable bonds is 6. The van der Waals surface area contributed by atoms with Gasteiger partial charge in [0.2, 0.25) is 5.91 Å². The summed E-state index contributed by atoms with van der Waals surface area (Å²) < 4.78 is 5.69. The van der Waals surface area contributed by atoms with E-state index in [-0.39, 0.29) is 24.5 Å². The van der Waals surface area contributed by atoms with Gasteiger partial charge in [-0.05, 0) is 43.4 Å². The number of aliphatic hydroxyl groups excluding tert-OH is 1. The molecule has 2 unspecified atom stereocenters. The molecule has 1 heterocycles. The summed E-state index contributed by atoms with van der Waals surface area (Å²) >= 11 is 0. The molecule has 2 N–H and O–H groups in total. The van der Waals surface area contributed by atoms with Crippen LogP contribution >= 0.6 is 0 Å². The van der Waals surface area contributed by atoms with E-state index in [1.807, 2.05) is 24.3 Å².